The fraction of sp³-hybridized carbons (Fsp3) is 0.308. The number of amides is 1. The third kappa shape index (κ3) is 3.68. The summed E-state index contributed by atoms with van der Waals surface area (Å²) in [4.78, 5) is 17.8. The van der Waals surface area contributed by atoms with Gasteiger partial charge in [-0.05, 0) is 37.6 Å². The van der Waals surface area contributed by atoms with E-state index in [1.54, 1.807) is 4.90 Å². The Labute approximate surface area is 126 Å². The summed E-state index contributed by atoms with van der Waals surface area (Å²) in [6.07, 6.45) is 0. The van der Waals surface area contributed by atoms with Gasteiger partial charge in [0.25, 0.3) is 11.1 Å². The van der Waals surface area contributed by atoms with Crippen LogP contribution in [0.4, 0.5) is 5.69 Å². The second kappa shape index (κ2) is 6.67. The molecule has 0 aliphatic carbocycles. The van der Waals surface area contributed by atoms with Gasteiger partial charge < -0.3 is 9.64 Å². The molecule has 0 atom stereocenters. The zero-order valence-electron chi connectivity index (χ0n) is 11.1. The molecule has 0 N–H and O–H groups in total. The van der Waals surface area contributed by atoms with Crippen LogP contribution in [-0.4, -0.2) is 27.9 Å². The van der Waals surface area contributed by atoms with E-state index in [2.05, 4.69) is 9.36 Å². The molecule has 7 heteroatoms. The first kappa shape index (κ1) is 14.7. The molecule has 1 aromatic heterocycles. The minimum Gasteiger partial charge on any atom is -0.459 e. The van der Waals surface area contributed by atoms with E-state index in [1.165, 1.54) is 0 Å². The number of anilines is 1. The van der Waals surface area contributed by atoms with Crippen LogP contribution in [0.15, 0.2) is 30.3 Å². The first-order valence-corrected chi connectivity index (χ1v) is 7.22. The van der Waals surface area contributed by atoms with Crippen molar-refractivity contribution in [3.8, 4) is 5.19 Å². The summed E-state index contributed by atoms with van der Waals surface area (Å²) in [6.45, 7) is 3.80. The maximum absolute atomic E-state index is 12.3. The summed E-state index contributed by atoms with van der Waals surface area (Å²) in [5, 5.41) is 0.418. The zero-order valence-corrected chi connectivity index (χ0v) is 12.7. The summed E-state index contributed by atoms with van der Waals surface area (Å²) in [5.41, 5.74) is 0.839. The van der Waals surface area contributed by atoms with E-state index in [-0.39, 0.29) is 23.8 Å². The van der Waals surface area contributed by atoms with Gasteiger partial charge in [0, 0.05) is 23.3 Å². The number of benzene rings is 1. The third-order valence-electron chi connectivity index (χ3n) is 2.52. The first-order valence-electron chi connectivity index (χ1n) is 6.07. The number of para-hydroxylation sites is 1. The molecule has 0 spiro atoms. The number of carbonyl (C=O) groups is 1. The lowest BCUT2D eigenvalue weighted by atomic mass is 10.2. The molecule has 0 saturated carbocycles. The molecule has 5 nitrogen and oxygen atoms in total. The lowest BCUT2D eigenvalue weighted by Crippen LogP contribution is -2.40. The maximum Gasteiger partial charge on any atom is 0.294 e. The molecule has 1 amide bonds. The molecule has 0 aliphatic rings. The zero-order chi connectivity index (χ0) is 14.5. The standard InChI is InChI=1S/C13H14ClN3O2S/c1-9(2)17(10-6-4-3-5-7-10)11(18)8-19-13-15-12(14)16-20-13/h3-7,9H,8H2,1-2H3. The molecular formula is C13H14ClN3O2S. The van der Waals surface area contributed by atoms with Crippen molar-refractivity contribution in [2.24, 2.45) is 0 Å². The second-order valence-corrected chi connectivity index (χ2v) is 5.36. The van der Waals surface area contributed by atoms with Gasteiger partial charge in [0.15, 0.2) is 6.61 Å². The summed E-state index contributed by atoms with van der Waals surface area (Å²) in [6, 6.07) is 9.50. The van der Waals surface area contributed by atoms with Gasteiger partial charge in [-0.3, -0.25) is 4.79 Å². The Balaban J connectivity index is 2.04. The Kier molecular flexibility index (Phi) is 4.92. The fourth-order valence-electron chi connectivity index (χ4n) is 1.76. The van der Waals surface area contributed by atoms with Gasteiger partial charge in [-0.25, -0.2) is 0 Å². The number of hydrogen-bond donors (Lipinski definition) is 0. The summed E-state index contributed by atoms with van der Waals surface area (Å²) in [5.74, 6) is -0.141. The van der Waals surface area contributed by atoms with Crippen LogP contribution in [0, 0.1) is 0 Å². The highest BCUT2D eigenvalue weighted by Crippen LogP contribution is 2.19. The monoisotopic (exact) mass is 311 g/mol. The highest BCUT2D eigenvalue weighted by molar-refractivity contribution is 7.07. The number of rotatable bonds is 5. The first-order chi connectivity index (χ1) is 9.58. The van der Waals surface area contributed by atoms with Gasteiger partial charge in [-0.2, -0.15) is 9.36 Å². The van der Waals surface area contributed by atoms with Crippen molar-refractivity contribution < 1.29 is 9.53 Å². The predicted octanol–water partition coefficient (Wildman–Crippen LogP) is 3.01. The lowest BCUT2D eigenvalue weighted by molar-refractivity contribution is -0.120. The SMILES string of the molecule is CC(C)N(C(=O)COc1nc(Cl)ns1)c1ccccc1. The fourth-order valence-corrected chi connectivity index (χ4v) is 2.43. The Morgan fingerprint density at radius 1 is 1.40 bits per heavy atom. The Morgan fingerprint density at radius 2 is 2.10 bits per heavy atom. The van der Waals surface area contributed by atoms with Crippen LogP contribution in [0.25, 0.3) is 0 Å². The molecular weight excluding hydrogens is 298 g/mol. The van der Waals surface area contributed by atoms with Crippen molar-refractivity contribution in [1.82, 2.24) is 9.36 Å². The van der Waals surface area contributed by atoms with E-state index < -0.39 is 0 Å². The average Bonchev–Trinajstić information content (AvgIpc) is 2.83. The van der Waals surface area contributed by atoms with Crippen molar-refractivity contribution in [2.75, 3.05) is 11.5 Å². The maximum atomic E-state index is 12.3. The second-order valence-electron chi connectivity index (χ2n) is 4.31. The number of carbonyl (C=O) groups excluding carboxylic acids is 1. The molecule has 1 aromatic carbocycles. The van der Waals surface area contributed by atoms with Crippen molar-refractivity contribution in [3.05, 3.63) is 35.6 Å². The van der Waals surface area contributed by atoms with E-state index >= 15 is 0 Å². The minimum atomic E-state index is -0.141. The van der Waals surface area contributed by atoms with E-state index in [4.69, 9.17) is 16.3 Å². The molecule has 0 aliphatic heterocycles. The normalized spacial score (nSPS) is 10.6. The van der Waals surface area contributed by atoms with Gasteiger partial charge in [0.05, 0.1) is 0 Å². The quantitative estimate of drug-likeness (QED) is 0.851. The molecule has 0 radical (unpaired) electrons. The third-order valence-corrected chi connectivity index (χ3v) is 3.42. The average molecular weight is 312 g/mol. The number of nitrogens with zero attached hydrogens (tertiary/aromatic N) is 3. The molecule has 0 unspecified atom stereocenters. The molecule has 2 aromatic rings. The molecule has 1 heterocycles. The van der Waals surface area contributed by atoms with Crippen molar-refractivity contribution >= 4 is 34.7 Å². The Morgan fingerprint density at radius 3 is 2.65 bits per heavy atom. The molecule has 2 rings (SSSR count). The lowest BCUT2D eigenvalue weighted by Gasteiger charge is -2.26. The van der Waals surface area contributed by atoms with Crippen LogP contribution in [0.5, 0.6) is 5.19 Å². The summed E-state index contributed by atoms with van der Waals surface area (Å²) in [7, 11) is 0. The highest BCUT2D eigenvalue weighted by Gasteiger charge is 2.19. The highest BCUT2D eigenvalue weighted by atomic mass is 35.5. The molecule has 0 saturated heterocycles. The van der Waals surface area contributed by atoms with Crippen LogP contribution in [0.1, 0.15) is 13.8 Å². The summed E-state index contributed by atoms with van der Waals surface area (Å²) >= 11 is 6.62. The van der Waals surface area contributed by atoms with Gasteiger partial charge in [0.2, 0.25) is 5.28 Å². The van der Waals surface area contributed by atoms with Gasteiger partial charge in [0.1, 0.15) is 0 Å². The van der Waals surface area contributed by atoms with E-state index in [9.17, 15) is 4.79 Å². The van der Waals surface area contributed by atoms with Gasteiger partial charge >= 0.3 is 0 Å². The van der Waals surface area contributed by atoms with Gasteiger partial charge in [-0.15, -0.1) is 0 Å². The number of ether oxygens (including phenoxy) is 1. The van der Waals surface area contributed by atoms with Crippen LogP contribution in [-0.2, 0) is 4.79 Å². The molecule has 20 heavy (non-hydrogen) atoms. The van der Waals surface area contributed by atoms with Crippen molar-refractivity contribution in [1.29, 1.82) is 0 Å². The number of halogens is 1. The Bertz CT molecular complexity index is 574. The smallest absolute Gasteiger partial charge is 0.294 e. The topological polar surface area (TPSA) is 55.3 Å². The Hall–Kier alpha value is -1.66. The van der Waals surface area contributed by atoms with Crippen molar-refractivity contribution in [2.45, 2.75) is 19.9 Å². The number of aromatic nitrogens is 2. The van der Waals surface area contributed by atoms with E-state index in [0.29, 0.717) is 5.19 Å². The molecule has 0 bridgehead atoms. The molecule has 106 valence electrons. The largest absolute Gasteiger partial charge is 0.459 e. The summed E-state index contributed by atoms with van der Waals surface area (Å²) < 4.78 is 9.09. The molecule has 0 fully saturated rings. The van der Waals surface area contributed by atoms with Crippen LogP contribution in [0.2, 0.25) is 5.28 Å². The van der Waals surface area contributed by atoms with Crippen LogP contribution < -0.4 is 9.64 Å². The van der Waals surface area contributed by atoms with Crippen LogP contribution in [0.3, 0.4) is 0 Å². The van der Waals surface area contributed by atoms with Gasteiger partial charge in [-0.1, -0.05) is 18.2 Å². The van der Waals surface area contributed by atoms with Crippen LogP contribution >= 0.6 is 23.1 Å². The minimum absolute atomic E-state index is 0.0338. The van der Waals surface area contributed by atoms with E-state index in [1.807, 2.05) is 44.2 Å². The van der Waals surface area contributed by atoms with Crippen molar-refractivity contribution in [3.63, 3.8) is 0 Å². The number of hydrogen-bond acceptors (Lipinski definition) is 5. The predicted molar refractivity (Wildman–Crippen MR) is 79.5 cm³/mol. The van der Waals surface area contributed by atoms with E-state index in [0.717, 1.165) is 17.2 Å².